The van der Waals surface area contributed by atoms with Gasteiger partial charge in [0.2, 0.25) is 0 Å². The van der Waals surface area contributed by atoms with Gasteiger partial charge >= 0.3 is 0 Å². The van der Waals surface area contributed by atoms with E-state index >= 15 is 0 Å². The third kappa shape index (κ3) is 3.74. The van der Waals surface area contributed by atoms with Gasteiger partial charge in [-0.05, 0) is 56.7 Å². The SMILES string of the molecule is Cc1ccc2nc(C)cc(C(=O)NCc3ccc(-n4ccnc4C)c(F)c3)c2c1. The Labute approximate surface area is 168 Å². The molecule has 5 nitrogen and oxygen atoms in total. The zero-order chi connectivity index (χ0) is 20.5. The number of carbonyl (C=O) groups is 1. The number of fused-ring (bicyclic) bond motifs is 1. The third-order valence-corrected chi connectivity index (χ3v) is 4.89. The first-order chi connectivity index (χ1) is 13.9. The smallest absolute Gasteiger partial charge is 0.252 e. The van der Waals surface area contributed by atoms with Gasteiger partial charge in [-0.3, -0.25) is 9.78 Å². The molecule has 146 valence electrons. The van der Waals surface area contributed by atoms with Crippen LogP contribution in [0, 0.1) is 26.6 Å². The van der Waals surface area contributed by atoms with E-state index in [1.807, 2.05) is 39.0 Å². The highest BCUT2D eigenvalue weighted by atomic mass is 19.1. The van der Waals surface area contributed by atoms with Crippen LogP contribution < -0.4 is 5.32 Å². The van der Waals surface area contributed by atoms with Crippen molar-refractivity contribution in [2.24, 2.45) is 0 Å². The van der Waals surface area contributed by atoms with Crippen molar-refractivity contribution in [1.82, 2.24) is 19.9 Å². The molecule has 0 atom stereocenters. The standard InChI is InChI=1S/C23H21FN4O/c1-14-4-6-21-18(10-14)19(11-15(2)27-21)23(29)26-13-17-5-7-22(20(24)12-17)28-9-8-25-16(28)3/h4-12H,13H2,1-3H3,(H,26,29). The number of hydrogen-bond donors (Lipinski definition) is 1. The molecule has 0 spiro atoms. The Bertz CT molecular complexity index is 1230. The van der Waals surface area contributed by atoms with Crippen LogP contribution in [-0.4, -0.2) is 20.4 Å². The number of benzene rings is 2. The normalized spacial score (nSPS) is 11.0. The van der Waals surface area contributed by atoms with Crippen LogP contribution in [0.5, 0.6) is 0 Å². The molecule has 4 rings (SSSR count). The largest absolute Gasteiger partial charge is 0.348 e. The molecule has 0 unspecified atom stereocenters. The molecule has 29 heavy (non-hydrogen) atoms. The highest BCUT2D eigenvalue weighted by molar-refractivity contribution is 6.06. The van der Waals surface area contributed by atoms with Crippen LogP contribution >= 0.6 is 0 Å². The Hall–Kier alpha value is -3.54. The molecular formula is C23H21FN4O. The quantitative estimate of drug-likeness (QED) is 0.563. The Morgan fingerprint density at radius 1 is 1.10 bits per heavy atom. The van der Waals surface area contributed by atoms with E-state index in [0.717, 1.165) is 22.2 Å². The van der Waals surface area contributed by atoms with Gasteiger partial charge in [-0.15, -0.1) is 0 Å². The number of imidazole rings is 1. The van der Waals surface area contributed by atoms with Gasteiger partial charge in [0.25, 0.3) is 5.91 Å². The summed E-state index contributed by atoms with van der Waals surface area (Å²) < 4.78 is 16.3. The number of aromatic nitrogens is 3. The van der Waals surface area contributed by atoms with E-state index < -0.39 is 0 Å². The summed E-state index contributed by atoms with van der Waals surface area (Å²) in [6.45, 7) is 5.89. The van der Waals surface area contributed by atoms with Gasteiger partial charge < -0.3 is 9.88 Å². The van der Waals surface area contributed by atoms with Crippen LogP contribution in [0.2, 0.25) is 0 Å². The molecular weight excluding hydrogens is 367 g/mol. The molecule has 0 saturated heterocycles. The van der Waals surface area contributed by atoms with Crippen molar-refractivity contribution in [3.63, 3.8) is 0 Å². The first-order valence-corrected chi connectivity index (χ1v) is 9.37. The van der Waals surface area contributed by atoms with Gasteiger partial charge in [-0.1, -0.05) is 17.7 Å². The van der Waals surface area contributed by atoms with Crippen molar-refractivity contribution < 1.29 is 9.18 Å². The van der Waals surface area contributed by atoms with Gasteiger partial charge in [0, 0.05) is 30.0 Å². The minimum Gasteiger partial charge on any atom is -0.348 e. The molecule has 0 aliphatic carbocycles. The van der Waals surface area contributed by atoms with Crippen LogP contribution in [0.15, 0.2) is 54.9 Å². The highest BCUT2D eigenvalue weighted by Crippen LogP contribution is 2.21. The van der Waals surface area contributed by atoms with Crippen molar-refractivity contribution in [3.05, 3.63) is 88.9 Å². The Morgan fingerprint density at radius 2 is 1.93 bits per heavy atom. The first kappa shape index (κ1) is 18.8. The monoisotopic (exact) mass is 388 g/mol. The van der Waals surface area contributed by atoms with Gasteiger partial charge in [0.15, 0.2) is 0 Å². The lowest BCUT2D eigenvalue weighted by Gasteiger charge is -2.11. The number of nitrogens with one attached hydrogen (secondary N) is 1. The summed E-state index contributed by atoms with van der Waals surface area (Å²) in [6.07, 6.45) is 3.35. The summed E-state index contributed by atoms with van der Waals surface area (Å²) in [5.41, 5.74) is 4.31. The molecule has 2 aromatic heterocycles. The minimum atomic E-state index is -0.362. The molecule has 1 N–H and O–H groups in total. The molecule has 0 saturated carbocycles. The third-order valence-electron chi connectivity index (χ3n) is 4.89. The van der Waals surface area contributed by atoms with E-state index in [1.165, 1.54) is 6.07 Å². The molecule has 0 fully saturated rings. The van der Waals surface area contributed by atoms with Crippen LogP contribution in [0.3, 0.4) is 0 Å². The van der Waals surface area contributed by atoms with E-state index in [-0.39, 0.29) is 18.3 Å². The first-order valence-electron chi connectivity index (χ1n) is 9.37. The second kappa shape index (κ2) is 7.47. The molecule has 2 aromatic carbocycles. The zero-order valence-electron chi connectivity index (χ0n) is 16.5. The molecule has 2 heterocycles. The Kier molecular flexibility index (Phi) is 4.84. The zero-order valence-corrected chi connectivity index (χ0v) is 16.5. The lowest BCUT2D eigenvalue weighted by atomic mass is 10.0. The Morgan fingerprint density at radius 3 is 2.66 bits per heavy atom. The summed E-state index contributed by atoms with van der Waals surface area (Å²) in [6, 6.07) is 12.6. The highest BCUT2D eigenvalue weighted by Gasteiger charge is 2.13. The fourth-order valence-electron chi connectivity index (χ4n) is 3.43. The average Bonchev–Trinajstić information content (AvgIpc) is 3.11. The Balaban J connectivity index is 1.56. The molecule has 1 amide bonds. The van der Waals surface area contributed by atoms with Crippen LogP contribution in [0.1, 0.15) is 33.0 Å². The van der Waals surface area contributed by atoms with E-state index in [0.29, 0.717) is 22.6 Å². The molecule has 0 radical (unpaired) electrons. The topological polar surface area (TPSA) is 59.8 Å². The number of hydrogen-bond acceptors (Lipinski definition) is 3. The second-order valence-corrected chi connectivity index (χ2v) is 7.14. The summed E-state index contributed by atoms with van der Waals surface area (Å²) in [4.78, 5) is 21.4. The van der Waals surface area contributed by atoms with Gasteiger partial charge in [-0.25, -0.2) is 9.37 Å². The van der Waals surface area contributed by atoms with Gasteiger partial charge in [0.05, 0.1) is 16.8 Å². The van der Waals surface area contributed by atoms with Crippen molar-refractivity contribution in [3.8, 4) is 5.69 Å². The molecule has 0 aliphatic rings. The second-order valence-electron chi connectivity index (χ2n) is 7.14. The number of halogens is 1. The number of rotatable bonds is 4. The van der Waals surface area contributed by atoms with Crippen molar-refractivity contribution in [1.29, 1.82) is 0 Å². The number of nitrogens with zero attached hydrogens (tertiary/aromatic N) is 3. The molecule has 0 bridgehead atoms. The fourth-order valence-corrected chi connectivity index (χ4v) is 3.43. The summed E-state index contributed by atoms with van der Waals surface area (Å²) in [7, 11) is 0. The maximum absolute atomic E-state index is 14.6. The molecule has 6 heteroatoms. The van der Waals surface area contributed by atoms with E-state index in [1.54, 1.807) is 35.2 Å². The van der Waals surface area contributed by atoms with E-state index in [9.17, 15) is 9.18 Å². The predicted octanol–water partition coefficient (Wildman–Crippen LogP) is 4.41. The van der Waals surface area contributed by atoms with E-state index in [2.05, 4.69) is 15.3 Å². The maximum atomic E-state index is 14.6. The predicted molar refractivity (Wildman–Crippen MR) is 111 cm³/mol. The maximum Gasteiger partial charge on any atom is 0.252 e. The van der Waals surface area contributed by atoms with Crippen LogP contribution in [0.4, 0.5) is 4.39 Å². The van der Waals surface area contributed by atoms with Crippen molar-refractivity contribution in [2.45, 2.75) is 27.3 Å². The minimum absolute atomic E-state index is 0.207. The fraction of sp³-hybridized carbons (Fsp3) is 0.174. The summed E-state index contributed by atoms with van der Waals surface area (Å²) >= 11 is 0. The van der Waals surface area contributed by atoms with Crippen molar-refractivity contribution in [2.75, 3.05) is 0 Å². The van der Waals surface area contributed by atoms with Gasteiger partial charge in [-0.2, -0.15) is 0 Å². The van der Waals surface area contributed by atoms with Gasteiger partial charge in [0.1, 0.15) is 11.6 Å². The number of carbonyl (C=O) groups excluding carboxylic acids is 1. The molecule has 4 aromatic rings. The average molecular weight is 388 g/mol. The summed E-state index contributed by atoms with van der Waals surface area (Å²) in [5.74, 6) is 0.139. The van der Waals surface area contributed by atoms with Crippen LogP contribution in [0.25, 0.3) is 16.6 Å². The number of amides is 1. The molecule has 0 aliphatic heterocycles. The lowest BCUT2D eigenvalue weighted by molar-refractivity contribution is 0.0952. The summed E-state index contributed by atoms with van der Waals surface area (Å²) in [5, 5.41) is 3.70. The number of aryl methyl sites for hydroxylation is 3. The van der Waals surface area contributed by atoms with Crippen LogP contribution in [-0.2, 0) is 6.54 Å². The van der Waals surface area contributed by atoms with E-state index in [4.69, 9.17) is 0 Å². The lowest BCUT2D eigenvalue weighted by Crippen LogP contribution is -2.23. The number of pyridine rings is 1. The van der Waals surface area contributed by atoms with Crippen molar-refractivity contribution >= 4 is 16.8 Å².